The second-order valence-corrected chi connectivity index (χ2v) is 10.7. The maximum Gasteiger partial charge on any atom is 0.0206 e. The zero-order valence-corrected chi connectivity index (χ0v) is 21.1. The molecule has 0 spiro atoms. The molecular formula is C32H48. The van der Waals surface area contributed by atoms with Crippen molar-refractivity contribution in [3.8, 4) is 11.8 Å². The normalized spacial score (nSPS) is 26.1. The fourth-order valence-electron chi connectivity index (χ4n) is 5.81. The Morgan fingerprint density at radius 2 is 1.47 bits per heavy atom. The van der Waals surface area contributed by atoms with E-state index >= 15 is 0 Å². The number of allylic oxidation sites excluding steroid dienone is 2. The Bertz CT molecular complexity index is 697. The summed E-state index contributed by atoms with van der Waals surface area (Å²) in [6, 6.07) is 9.55. The third-order valence-corrected chi connectivity index (χ3v) is 8.09. The first kappa shape index (κ1) is 25.1. The van der Waals surface area contributed by atoms with E-state index in [1.807, 2.05) is 0 Å². The fourth-order valence-corrected chi connectivity index (χ4v) is 5.81. The molecule has 2 saturated carbocycles. The van der Waals surface area contributed by atoms with Gasteiger partial charge in [-0.15, -0.1) is 0 Å². The van der Waals surface area contributed by atoms with Crippen molar-refractivity contribution in [2.24, 2.45) is 17.8 Å². The van der Waals surface area contributed by atoms with E-state index in [1.165, 1.54) is 108 Å². The number of rotatable bonds is 10. The molecule has 2 aliphatic carbocycles. The van der Waals surface area contributed by atoms with Gasteiger partial charge in [-0.2, -0.15) is 0 Å². The zero-order valence-electron chi connectivity index (χ0n) is 21.1. The molecule has 0 nitrogen and oxygen atoms in total. The quantitative estimate of drug-likeness (QED) is 0.255. The first-order valence-electron chi connectivity index (χ1n) is 14.0. The van der Waals surface area contributed by atoms with E-state index in [0.29, 0.717) is 5.92 Å². The van der Waals surface area contributed by atoms with Crippen LogP contribution < -0.4 is 0 Å². The molecule has 0 aromatic heterocycles. The highest BCUT2D eigenvalue weighted by molar-refractivity contribution is 5.26. The zero-order chi connectivity index (χ0) is 22.4. The molecule has 1 aromatic rings. The predicted octanol–water partition coefficient (Wildman–Crippen LogP) is 9.64. The lowest BCUT2D eigenvalue weighted by Gasteiger charge is -2.26. The molecule has 0 amide bonds. The van der Waals surface area contributed by atoms with Gasteiger partial charge in [-0.05, 0) is 99.2 Å². The summed E-state index contributed by atoms with van der Waals surface area (Å²) in [5, 5.41) is 0. The van der Waals surface area contributed by atoms with Crippen molar-refractivity contribution in [3.05, 3.63) is 47.5 Å². The van der Waals surface area contributed by atoms with E-state index in [2.05, 4.69) is 62.1 Å². The van der Waals surface area contributed by atoms with Gasteiger partial charge in [0.1, 0.15) is 0 Å². The fraction of sp³-hybridized carbons (Fsp3) is 0.688. The lowest BCUT2D eigenvalue weighted by Crippen LogP contribution is -2.13. The molecule has 0 aliphatic heterocycles. The van der Waals surface area contributed by atoms with E-state index in [1.54, 1.807) is 5.56 Å². The van der Waals surface area contributed by atoms with Crippen molar-refractivity contribution in [1.29, 1.82) is 0 Å². The van der Waals surface area contributed by atoms with Crippen LogP contribution in [0.3, 0.4) is 0 Å². The predicted molar refractivity (Wildman–Crippen MR) is 141 cm³/mol. The van der Waals surface area contributed by atoms with Crippen LogP contribution in [0.2, 0.25) is 0 Å². The second-order valence-electron chi connectivity index (χ2n) is 10.7. The van der Waals surface area contributed by atoms with E-state index in [4.69, 9.17) is 0 Å². The number of benzene rings is 1. The van der Waals surface area contributed by atoms with Crippen LogP contribution in [-0.2, 0) is 6.42 Å². The lowest BCUT2D eigenvalue weighted by atomic mass is 9.78. The first-order valence-corrected chi connectivity index (χ1v) is 14.0. The summed E-state index contributed by atoms with van der Waals surface area (Å²) >= 11 is 0. The van der Waals surface area contributed by atoms with Gasteiger partial charge < -0.3 is 0 Å². The van der Waals surface area contributed by atoms with Gasteiger partial charge in [0.2, 0.25) is 0 Å². The summed E-state index contributed by atoms with van der Waals surface area (Å²) in [6.07, 6.45) is 26.3. The summed E-state index contributed by atoms with van der Waals surface area (Å²) in [5.41, 5.74) is 3.07. The smallest absolute Gasteiger partial charge is 0.0206 e. The van der Waals surface area contributed by atoms with Gasteiger partial charge in [0.25, 0.3) is 0 Å². The van der Waals surface area contributed by atoms with Crippen LogP contribution in [0.1, 0.15) is 127 Å². The molecule has 3 rings (SSSR count). The Morgan fingerprint density at radius 3 is 2.16 bits per heavy atom. The third-order valence-electron chi connectivity index (χ3n) is 8.09. The summed E-state index contributed by atoms with van der Waals surface area (Å²) in [5.74, 6) is 10.1. The van der Waals surface area contributed by atoms with E-state index < -0.39 is 0 Å². The van der Waals surface area contributed by atoms with Gasteiger partial charge in [0.05, 0.1) is 0 Å². The molecule has 2 aliphatic rings. The molecule has 2 fully saturated rings. The molecule has 0 radical (unpaired) electrons. The monoisotopic (exact) mass is 432 g/mol. The molecule has 0 N–H and O–H groups in total. The topological polar surface area (TPSA) is 0 Å². The Hall–Kier alpha value is -1.48. The molecule has 0 atom stereocenters. The molecule has 176 valence electrons. The Kier molecular flexibility index (Phi) is 11.5. The van der Waals surface area contributed by atoms with Crippen molar-refractivity contribution in [1.82, 2.24) is 0 Å². The minimum atomic E-state index is 0.610. The average molecular weight is 433 g/mol. The van der Waals surface area contributed by atoms with Crippen molar-refractivity contribution in [2.45, 2.75) is 122 Å². The molecule has 0 heteroatoms. The number of hydrogen-bond donors (Lipinski definition) is 0. The van der Waals surface area contributed by atoms with Crippen LogP contribution in [0, 0.1) is 29.6 Å². The van der Waals surface area contributed by atoms with E-state index in [9.17, 15) is 0 Å². The minimum absolute atomic E-state index is 0.610. The molecular weight excluding hydrogens is 384 g/mol. The highest BCUT2D eigenvalue weighted by Crippen LogP contribution is 2.36. The molecule has 1 aromatic carbocycles. The lowest BCUT2D eigenvalue weighted by molar-refractivity contribution is 0.289. The van der Waals surface area contributed by atoms with Crippen LogP contribution in [0.5, 0.6) is 0 Å². The van der Waals surface area contributed by atoms with Gasteiger partial charge in [0.15, 0.2) is 0 Å². The Morgan fingerprint density at radius 1 is 0.781 bits per heavy atom. The van der Waals surface area contributed by atoms with Crippen LogP contribution >= 0.6 is 0 Å². The van der Waals surface area contributed by atoms with Crippen molar-refractivity contribution < 1.29 is 0 Å². The highest BCUT2D eigenvalue weighted by Gasteiger charge is 2.21. The van der Waals surface area contributed by atoms with Gasteiger partial charge in [-0.1, -0.05) is 94.6 Å². The van der Waals surface area contributed by atoms with Crippen LogP contribution in [0.4, 0.5) is 0 Å². The van der Waals surface area contributed by atoms with Gasteiger partial charge in [0, 0.05) is 5.92 Å². The molecule has 0 unspecified atom stereocenters. The second kappa shape index (κ2) is 14.6. The average Bonchev–Trinajstić information content (AvgIpc) is 2.84. The standard InChI is InChI=1S/C32H48/c1-3-5-7-11-27-15-17-28(18-16-27)13-9-10-14-30-21-25-32(26-22-30)31-23-19-29(20-24-31)12-8-6-4-2/h9,13,19-20,23-24,27-28,30,32H,3-8,11-12,15-18,21-22,25-26H2,1-2H3. The van der Waals surface area contributed by atoms with E-state index in [-0.39, 0.29) is 0 Å². The van der Waals surface area contributed by atoms with Gasteiger partial charge in [-0.3, -0.25) is 0 Å². The molecule has 0 bridgehead atoms. The van der Waals surface area contributed by atoms with Crippen LogP contribution in [0.15, 0.2) is 36.4 Å². The maximum absolute atomic E-state index is 3.58. The summed E-state index contributed by atoms with van der Waals surface area (Å²) in [6.45, 7) is 4.59. The van der Waals surface area contributed by atoms with Crippen LogP contribution in [-0.4, -0.2) is 0 Å². The van der Waals surface area contributed by atoms with Crippen LogP contribution in [0.25, 0.3) is 0 Å². The molecule has 0 heterocycles. The van der Waals surface area contributed by atoms with E-state index in [0.717, 1.165) is 17.8 Å². The minimum Gasteiger partial charge on any atom is -0.0951 e. The summed E-state index contributed by atoms with van der Waals surface area (Å²) < 4.78 is 0. The molecule has 32 heavy (non-hydrogen) atoms. The highest BCUT2D eigenvalue weighted by atomic mass is 14.3. The van der Waals surface area contributed by atoms with Crippen molar-refractivity contribution in [3.63, 3.8) is 0 Å². The largest absolute Gasteiger partial charge is 0.0951 e. The Labute approximate surface area is 199 Å². The summed E-state index contributed by atoms with van der Waals surface area (Å²) in [4.78, 5) is 0. The molecule has 0 saturated heterocycles. The number of hydrogen-bond acceptors (Lipinski definition) is 0. The van der Waals surface area contributed by atoms with Crippen molar-refractivity contribution >= 4 is 0 Å². The van der Waals surface area contributed by atoms with Crippen molar-refractivity contribution in [2.75, 3.05) is 0 Å². The SMILES string of the molecule is CCCCCc1ccc(C2CCC(C#CC=CC3CCC(CCCCC)CC3)CC2)cc1. The van der Waals surface area contributed by atoms with Gasteiger partial charge >= 0.3 is 0 Å². The summed E-state index contributed by atoms with van der Waals surface area (Å²) in [7, 11) is 0. The number of unbranched alkanes of at least 4 members (excludes halogenated alkanes) is 4. The number of aryl methyl sites for hydroxylation is 1. The first-order chi connectivity index (χ1) is 15.8. The third kappa shape index (κ3) is 8.81. The van der Waals surface area contributed by atoms with Gasteiger partial charge in [-0.25, -0.2) is 0 Å². The Balaban J connectivity index is 1.33. The maximum atomic E-state index is 3.58.